The Morgan fingerprint density at radius 3 is 2.91 bits per heavy atom. The molecular formula is C12H10F3N5OS. The Balaban J connectivity index is 1.73. The zero-order valence-corrected chi connectivity index (χ0v) is 11.8. The summed E-state index contributed by atoms with van der Waals surface area (Å²) in [6.07, 6.45) is -4.42. The highest BCUT2D eigenvalue weighted by molar-refractivity contribution is 7.99. The predicted molar refractivity (Wildman–Crippen MR) is 74.6 cm³/mol. The maximum atomic E-state index is 12.0. The van der Waals surface area contributed by atoms with Crippen LogP contribution < -0.4 is 5.32 Å². The number of nitrogens with one attached hydrogen (secondary N) is 2. The second kappa shape index (κ2) is 5.52. The van der Waals surface area contributed by atoms with Crippen LogP contribution in [-0.4, -0.2) is 44.0 Å². The van der Waals surface area contributed by atoms with E-state index in [4.69, 9.17) is 0 Å². The van der Waals surface area contributed by atoms with Crippen molar-refractivity contribution in [2.45, 2.75) is 11.3 Å². The van der Waals surface area contributed by atoms with Gasteiger partial charge in [0.25, 0.3) is 0 Å². The first-order valence-electron chi connectivity index (χ1n) is 6.22. The van der Waals surface area contributed by atoms with Crippen LogP contribution in [0, 0.1) is 0 Å². The fourth-order valence-corrected chi connectivity index (χ4v) is 2.71. The number of carbonyl (C=O) groups excluding carboxylic acids is 1. The average molecular weight is 329 g/mol. The molecule has 3 rings (SSSR count). The number of halogens is 3. The van der Waals surface area contributed by atoms with Crippen molar-refractivity contribution in [1.29, 1.82) is 0 Å². The number of benzene rings is 1. The molecule has 1 aromatic carbocycles. The van der Waals surface area contributed by atoms with Crippen LogP contribution in [0.5, 0.6) is 0 Å². The molecule has 0 aliphatic carbocycles. The molecule has 0 bridgehead atoms. The molecule has 2 N–H and O–H groups in total. The van der Waals surface area contributed by atoms with E-state index in [-0.39, 0.29) is 5.75 Å². The molecule has 2 heterocycles. The van der Waals surface area contributed by atoms with Gasteiger partial charge in [-0.2, -0.15) is 13.2 Å². The largest absolute Gasteiger partial charge is 0.405 e. The summed E-state index contributed by atoms with van der Waals surface area (Å²) in [7, 11) is 0. The Morgan fingerprint density at radius 2 is 2.14 bits per heavy atom. The summed E-state index contributed by atoms with van der Waals surface area (Å²) in [5.74, 6) is -0.356. The van der Waals surface area contributed by atoms with Gasteiger partial charge in [0.05, 0.1) is 16.8 Å². The number of fused-ring (bicyclic) bond motifs is 3. The van der Waals surface area contributed by atoms with Crippen LogP contribution in [0.4, 0.5) is 13.2 Å². The quantitative estimate of drug-likeness (QED) is 0.718. The lowest BCUT2D eigenvalue weighted by atomic mass is 10.3. The van der Waals surface area contributed by atoms with Crippen molar-refractivity contribution in [3.63, 3.8) is 0 Å². The molecule has 0 atom stereocenters. The number of thioether (sulfide) groups is 1. The van der Waals surface area contributed by atoms with E-state index in [1.165, 1.54) is 0 Å². The molecule has 0 saturated heterocycles. The molecule has 22 heavy (non-hydrogen) atoms. The van der Waals surface area contributed by atoms with Gasteiger partial charge in [-0.15, -0.1) is 5.10 Å². The third kappa shape index (κ3) is 3.01. The van der Waals surface area contributed by atoms with Crippen molar-refractivity contribution in [3.8, 4) is 0 Å². The molecule has 2 aromatic heterocycles. The maximum Gasteiger partial charge on any atom is 0.405 e. The SMILES string of the molecule is O=C(CSc1n[nH]c2nc3ccccc3n12)NCC(F)(F)F. The van der Waals surface area contributed by atoms with Crippen molar-refractivity contribution < 1.29 is 18.0 Å². The number of hydrogen-bond acceptors (Lipinski definition) is 4. The van der Waals surface area contributed by atoms with Crippen molar-refractivity contribution in [2.75, 3.05) is 12.3 Å². The van der Waals surface area contributed by atoms with Gasteiger partial charge >= 0.3 is 6.18 Å². The lowest BCUT2D eigenvalue weighted by Crippen LogP contribution is -2.34. The van der Waals surface area contributed by atoms with Crippen LogP contribution >= 0.6 is 11.8 Å². The van der Waals surface area contributed by atoms with Gasteiger partial charge in [0.2, 0.25) is 11.7 Å². The first kappa shape index (κ1) is 14.7. The van der Waals surface area contributed by atoms with E-state index in [1.54, 1.807) is 4.40 Å². The number of imidazole rings is 1. The lowest BCUT2D eigenvalue weighted by Gasteiger charge is -2.07. The first-order chi connectivity index (χ1) is 10.4. The van der Waals surface area contributed by atoms with Gasteiger partial charge in [-0.25, -0.2) is 10.1 Å². The number of hydrogen-bond donors (Lipinski definition) is 2. The number of rotatable bonds is 4. The number of nitrogens with zero attached hydrogens (tertiary/aromatic N) is 3. The van der Waals surface area contributed by atoms with Crippen LogP contribution in [0.3, 0.4) is 0 Å². The van der Waals surface area contributed by atoms with Crippen molar-refractivity contribution in [3.05, 3.63) is 24.3 Å². The topological polar surface area (TPSA) is 75.1 Å². The minimum absolute atomic E-state index is 0.164. The number of carbonyl (C=O) groups is 1. The molecule has 0 aliphatic heterocycles. The number of H-pyrrole nitrogens is 1. The zero-order chi connectivity index (χ0) is 15.7. The molecule has 0 saturated carbocycles. The van der Waals surface area contributed by atoms with Crippen molar-refractivity contribution in [2.24, 2.45) is 0 Å². The smallest absolute Gasteiger partial charge is 0.346 e. The lowest BCUT2D eigenvalue weighted by molar-refractivity contribution is -0.136. The number of amides is 1. The third-order valence-electron chi connectivity index (χ3n) is 2.82. The van der Waals surface area contributed by atoms with E-state index in [1.807, 2.05) is 29.6 Å². The fraction of sp³-hybridized carbons (Fsp3) is 0.250. The van der Waals surface area contributed by atoms with Crippen LogP contribution in [0.1, 0.15) is 0 Å². The summed E-state index contributed by atoms with van der Waals surface area (Å²) in [5, 5.41) is 9.03. The van der Waals surface area contributed by atoms with E-state index >= 15 is 0 Å². The third-order valence-corrected chi connectivity index (χ3v) is 3.76. The average Bonchev–Trinajstić information content (AvgIpc) is 3.01. The number of aromatic nitrogens is 4. The highest BCUT2D eigenvalue weighted by Crippen LogP contribution is 2.22. The first-order valence-corrected chi connectivity index (χ1v) is 7.20. The molecule has 116 valence electrons. The van der Waals surface area contributed by atoms with Crippen LogP contribution in [0.2, 0.25) is 0 Å². The molecular weight excluding hydrogens is 319 g/mol. The molecule has 3 aromatic rings. The molecule has 10 heteroatoms. The normalized spacial score (nSPS) is 12.1. The maximum absolute atomic E-state index is 12.0. The van der Waals surface area contributed by atoms with Crippen LogP contribution in [0.25, 0.3) is 16.8 Å². The number of aromatic amines is 1. The standard InChI is InChI=1S/C12H10F3N5OS/c13-12(14,15)6-16-9(21)5-22-11-19-18-10-17-7-3-1-2-4-8(7)20(10)11/h1-4H,5-6H2,(H,16,21)(H,17,18). The molecule has 0 radical (unpaired) electrons. The molecule has 0 spiro atoms. The Kier molecular flexibility index (Phi) is 3.69. The van der Waals surface area contributed by atoms with E-state index < -0.39 is 18.6 Å². The van der Waals surface area contributed by atoms with E-state index in [0.717, 1.165) is 22.8 Å². The highest BCUT2D eigenvalue weighted by atomic mass is 32.2. The Morgan fingerprint density at radius 1 is 1.36 bits per heavy atom. The molecule has 1 amide bonds. The summed E-state index contributed by atoms with van der Waals surface area (Å²) >= 11 is 1.04. The monoisotopic (exact) mass is 329 g/mol. The van der Waals surface area contributed by atoms with Crippen molar-refractivity contribution in [1.82, 2.24) is 24.9 Å². The molecule has 0 fully saturated rings. The molecule has 6 nitrogen and oxygen atoms in total. The van der Waals surface area contributed by atoms with Crippen LogP contribution in [-0.2, 0) is 4.79 Å². The van der Waals surface area contributed by atoms with Gasteiger partial charge in [-0.1, -0.05) is 23.9 Å². The number of para-hydroxylation sites is 2. The summed E-state index contributed by atoms with van der Waals surface area (Å²) in [6.45, 7) is -1.34. The second-order valence-electron chi connectivity index (χ2n) is 4.45. The number of alkyl halides is 3. The summed E-state index contributed by atoms with van der Waals surface area (Å²) in [6, 6.07) is 7.37. The van der Waals surface area contributed by atoms with E-state index in [2.05, 4.69) is 15.2 Å². The predicted octanol–water partition coefficient (Wildman–Crippen LogP) is 1.98. The Labute approximate surface area is 126 Å². The fourth-order valence-electron chi connectivity index (χ4n) is 1.92. The van der Waals surface area contributed by atoms with Gasteiger partial charge in [0.1, 0.15) is 6.54 Å². The van der Waals surface area contributed by atoms with Gasteiger partial charge in [0, 0.05) is 0 Å². The second-order valence-corrected chi connectivity index (χ2v) is 5.39. The van der Waals surface area contributed by atoms with Crippen LogP contribution in [0.15, 0.2) is 29.4 Å². The molecule has 0 unspecified atom stereocenters. The minimum Gasteiger partial charge on any atom is -0.346 e. The van der Waals surface area contributed by atoms with E-state index in [0.29, 0.717) is 10.9 Å². The molecule has 0 aliphatic rings. The highest BCUT2D eigenvalue weighted by Gasteiger charge is 2.27. The minimum atomic E-state index is -4.42. The van der Waals surface area contributed by atoms with Gasteiger partial charge < -0.3 is 5.32 Å². The summed E-state index contributed by atoms with van der Waals surface area (Å²) < 4.78 is 37.8. The Hall–Kier alpha value is -2.23. The van der Waals surface area contributed by atoms with Gasteiger partial charge in [0.15, 0.2) is 5.16 Å². The Bertz CT molecular complexity index is 825. The summed E-state index contributed by atoms with van der Waals surface area (Å²) in [4.78, 5) is 15.7. The van der Waals surface area contributed by atoms with Crippen molar-refractivity contribution >= 4 is 34.5 Å². The zero-order valence-electron chi connectivity index (χ0n) is 11.0. The van der Waals surface area contributed by atoms with Gasteiger partial charge in [-0.3, -0.25) is 9.20 Å². The van der Waals surface area contributed by atoms with Gasteiger partial charge in [-0.05, 0) is 12.1 Å². The van der Waals surface area contributed by atoms with E-state index in [9.17, 15) is 18.0 Å². The summed E-state index contributed by atoms with van der Waals surface area (Å²) in [5.41, 5.74) is 1.57.